The Morgan fingerprint density at radius 1 is 0.960 bits per heavy atom. The lowest BCUT2D eigenvalue weighted by Gasteiger charge is -2.56. The number of rotatable bonds is 8. The molecule has 142 valence electrons. The molecule has 4 aliphatic carbocycles. The molecule has 1 aliphatic heterocycles. The van der Waals surface area contributed by atoms with Crippen molar-refractivity contribution < 1.29 is 0 Å². The molecular formula is C21H38N4. The molecule has 0 aromatic heterocycles. The van der Waals surface area contributed by atoms with Crippen LogP contribution in [0.25, 0.3) is 0 Å². The van der Waals surface area contributed by atoms with Crippen molar-refractivity contribution >= 4 is 5.96 Å². The van der Waals surface area contributed by atoms with Gasteiger partial charge in [0.1, 0.15) is 0 Å². The van der Waals surface area contributed by atoms with Gasteiger partial charge in [-0.05, 0) is 107 Å². The minimum absolute atomic E-state index is 0.511. The summed E-state index contributed by atoms with van der Waals surface area (Å²) in [5, 5.41) is 3.36. The first-order valence-corrected chi connectivity index (χ1v) is 11.0. The normalized spacial score (nSPS) is 37.8. The van der Waals surface area contributed by atoms with Crippen LogP contribution in [-0.2, 0) is 0 Å². The molecule has 4 saturated carbocycles. The van der Waals surface area contributed by atoms with E-state index in [4.69, 9.17) is 10.7 Å². The molecule has 0 atom stereocenters. The third-order valence-corrected chi connectivity index (χ3v) is 7.41. The van der Waals surface area contributed by atoms with Gasteiger partial charge in [0.2, 0.25) is 0 Å². The van der Waals surface area contributed by atoms with Crippen molar-refractivity contribution in [2.75, 3.05) is 32.7 Å². The van der Waals surface area contributed by atoms with Crippen LogP contribution in [0.2, 0.25) is 0 Å². The summed E-state index contributed by atoms with van der Waals surface area (Å²) < 4.78 is 0. The number of aliphatic imine (C=N–C) groups is 1. The lowest BCUT2D eigenvalue weighted by atomic mass is 9.49. The van der Waals surface area contributed by atoms with Crippen LogP contribution in [0.15, 0.2) is 4.99 Å². The molecule has 5 aliphatic rings. The number of nitrogens with two attached hydrogens (primary N) is 1. The maximum Gasteiger partial charge on any atom is 0.188 e. The van der Waals surface area contributed by atoms with Crippen molar-refractivity contribution in [3.05, 3.63) is 0 Å². The SMILES string of the molecule is NC(=NCC12CC3CC(CC(C3)C1)C2)NCCCCCN1CCCC1. The number of likely N-dealkylation sites (tertiary alicyclic amines) is 1. The number of guanidine groups is 1. The first kappa shape index (κ1) is 17.6. The Labute approximate surface area is 154 Å². The average Bonchev–Trinajstić information content (AvgIpc) is 3.08. The van der Waals surface area contributed by atoms with E-state index in [1.54, 1.807) is 0 Å². The van der Waals surface area contributed by atoms with Crippen molar-refractivity contribution in [2.45, 2.75) is 70.6 Å². The zero-order valence-corrected chi connectivity index (χ0v) is 16.0. The van der Waals surface area contributed by atoms with E-state index in [0.29, 0.717) is 11.4 Å². The fourth-order valence-corrected chi connectivity index (χ4v) is 6.65. The molecule has 4 nitrogen and oxygen atoms in total. The number of nitrogens with zero attached hydrogens (tertiary/aromatic N) is 2. The molecule has 0 amide bonds. The Balaban J connectivity index is 1.12. The third kappa shape index (κ3) is 4.50. The molecule has 0 spiro atoms. The van der Waals surface area contributed by atoms with E-state index in [0.717, 1.165) is 30.8 Å². The second kappa shape index (κ2) is 7.85. The molecule has 5 fully saturated rings. The molecule has 25 heavy (non-hydrogen) atoms. The molecule has 1 heterocycles. The van der Waals surface area contributed by atoms with Gasteiger partial charge in [0.05, 0.1) is 0 Å². The van der Waals surface area contributed by atoms with Gasteiger partial charge in [0.15, 0.2) is 5.96 Å². The number of nitrogens with one attached hydrogen (secondary N) is 1. The van der Waals surface area contributed by atoms with Crippen LogP contribution in [-0.4, -0.2) is 43.6 Å². The summed E-state index contributed by atoms with van der Waals surface area (Å²) in [4.78, 5) is 7.38. The topological polar surface area (TPSA) is 53.6 Å². The van der Waals surface area contributed by atoms with E-state index in [1.807, 2.05) is 0 Å². The molecule has 0 aromatic rings. The Bertz CT molecular complexity index is 431. The van der Waals surface area contributed by atoms with Crippen LogP contribution in [0.3, 0.4) is 0 Å². The van der Waals surface area contributed by atoms with Gasteiger partial charge < -0.3 is 16.0 Å². The van der Waals surface area contributed by atoms with E-state index in [-0.39, 0.29) is 0 Å². The maximum absolute atomic E-state index is 6.15. The third-order valence-electron chi connectivity index (χ3n) is 7.41. The van der Waals surface area contributed by atoms with Crippen LogP contribution in [0.4, 0.5) is 0 Å². The first-order valence-electron chi connectivity index (χ1n) is 11.0. The Hall–Kier alpha value is -0.770. The lowest BCUT2D eigenvalue weighted by Crippen LogP contribution is -2.48. The zero-order chi connectivity index (χ0) is 17.1. The van der Waals surface area contributed by atoms with Crippen molar-refractivity contribution in [2.24, 2.45) is 33.9 Å². The number of hydrogen-bond acceptors (Lipinski definition) is 2. The highest BCUT2D eigenvalue weighted by molar-refractivity contribution is 5.77. The Morgan fingerprint density at radius 2 is 1.60 bits per heavy atom. The highest BCUT2D eigenvalue weighted by Gasteiger charge is 2.50. The van der Waals surface area contributed by atoms with E-state index in [1.165, 1.54) is 90.3 Å². The Morgan fingerprint density at radius 3 is 2.24 bits per heavy atom. The predicted octanol–water partition coefficient (Wildman–Crippen LogP) is 3.37. The molecule has 1 saturated heterocycles. The summed E-state index contributed by atoms with van der Waals surface area (Å²) in [7, 11) is 0. The van der Waals surface area contributed by atoms with Gasteiger partial charge in [-0.15, -0.1) is 0 Å². The second-order valence-electron chi connectivity index (χ2n) is 9.66. The molecule has 5 rings (SSSR count). The van der Waals surface area contributed by atoms with E-state index >= 15 is 0 Å². The minimum atomic E-state index is 0.511. The lowest BCUT2D eigenvalue weighted by molar-refractivity contribution is -0.0465. The van der Waals surface area contributed by atoms with Crippen molar-refractivity contribution in [3.63, 3.8) is 0 Å². The van der Waals surface area contributed by atoms with Crippen LogP contribution in [0.1, 0.15) is 70.6 Å². The Kier molecular flexibility index (Phi) is 5.54. The largest absolute Gasteiger partial charge is 0.370 e. The van der Waals surface area contributed by atoms with Gasteiger partial charge >= 0.3 is 0 Å². The molecule has 0 aromatic carbocycles. The molecule has 3 N–H and O–H groups in total. The fourth-order valence-electron chi connectivity index (χ4n) is 6.65. The van der Waals surface area contributed by atoms with Gasteiger partial charge in [-0.25, -0.2) is 0 Å². The van der Waals surface area contributed by atoms with Crippen LogP contribution >= 0.6 is 0 Å². The van der Waals surface area contributed by atoms with Crippen LogP contribution in [0, 0.1) is 23.2 Å². The monoisotopic (exact) mass is 346 g/mol. The van der Waals surface area contributed by atoms with Crippen molar-refractivity contribution in [3.8, 4) is 0 Å². The van der Waals surface area contributed by atoms with E-state index in [9.17, 15) is 0 Å². The molecule has 4 heteroatoms. The van der Waals surface area contributed by atoms with Crippen molar-refractivity contribution in [1.29, 1.82) is 0 Å². The van der Waals surface area contributed by atoms with Crippen LogP contribution in [0.5, 0.6) is 0 Å². The average molecular weight is 347 g/mol. The second-order valence-corrected chi connectivity index (χ2v) is 9.66. The van der Waals surface area contributed by atoms with Crippen LogP contribution < -0.4 is 11.1 Å². The summed E-state index contributed by atoms with van der Waals surface area (Å²) in [6, 6.07) is 0. The summed E-state index contributed by atoms with van der Waals surface area (Å²) in [6.45, 7) is 5.89. The first-order chi connectivity index (χ1) is 12.2. The summed E-state index contributed by atoms with van der Waals surface area (Å²) in [6.07, 6.45) is 15.4. The molecule has 0 unspecified atom stereocenters. The molecule has 0 radical (unpaired) electrons. The smallest absolute Gasteiger partial charge is 0.188 e. The van der Waals surface area contributed by atoms with Crippen molar-refractivity contribution in [1.82, 2.24) is 10.2 Å². The van der Waals surface area contributed by atoms with Gasteiger partial charge in [-0.3, -0.25) is 4.99 Å². The minimum Gasteiger partial charge on any atom is -0.370 e. The van der Waals surface area contributed by atoms with Gasteiger partial charge in [0, 0.05) is 13.1 Å². The highest BCUT2D eigenvalue weighted by atomic mass is 15.1. The van der Waals surface area contributed by atoms with E-state index in [2.05, 4.69) is 10.2 Å². The highest BCUT2D eigenvalue weighted by Crippen LogP contribution is 2.60. The van der Waals surface area contributed by atoms with Gasteiger partial charge in [0.25, 0.3) is 0 Å². The molecule has 4 bridgehead atoms. The molecular weight excluding hydrogens is 308 g/mol. The quantitative estimate of drug-likeness (QED) is 0.402. The fraction of sp³-hybridized carbons (Fsp3) is 0.952. The number of unbranched alkanes of at least 4 members (excludes halogenated alkanes) is 2. The van der Waals surface area contributed by atoms with Gasteiger partial charge in [-0.2, -0.15) is 0 Å². The summed E-state index contributed by atoms with van der Waals surface area (Å²) in [5.74, 6) is 3.71. The summed E-state index contributed by atoms with van der Waals surface area (Å²) in [5.41, 5.74) is 6.66. The maximum atomic E-state index is 6.15. The zero-order valence-electron chi connectivity index (χ0n) is 16.0. The number of hydrogen-bond donors (Lipinski definition) is 2. The summed E-state index contributed by atoms with van der Waals surface area (Å²) >= 11 is 0. The predicted molar refractivity (Wildman–Crippen MR) is 105 cm³/mol. The van der Waals surface area contributed by atoms with Gasteiger partial charge in [-0.1, -0.05) is 6.42 Å². The standard InChI is InChI=1S/C21H38N4/c22-20(23-6-2-1-3-7-25-8-4-5-9-25)24-16-21-13-17-10-18(14-21)12-19(11-17)15-21/h17-19H,1-16H2,(H3,22,23,24). The van der Waals surface area contributed by atoms with E-state index < -0.39 is 0 Å².